The number of benzene rings is 1. The van der Waals surface area contributed by atoms with E-state index in [1.54, 1.807) is 29.2 Å². The van der Waals surface area contributed by atoms with Crippen LogP contribution in [0.2, 0.25) is 0 Å². The predicted molar refractivity (Wildman–Crippen MR) is 76.2 cm³/mol. The summed E-state index contributed by atoms with van der Waals surface area (Å²) in [5, 5.41) is 2.74. The van der Waals surface area contributed by atoms with Crippen molar-refractivity contribution >= 4 is 35.2 Å². The molecule has 1 fully saturated rings. The molecule has 0 spiro atoms. The molecule has 1 aliphatic rings. The van der Waals surface area contributed by atoms with Crippen LogP contribution in [-0.2, 0) is 0 Å². The Kier molecular flexibility index (Phi) is 5.33. The summed E-state index contributed by atoms with van der Waals surface area (Å²) >= 11 is 2.30. The molecule has 1 aromatic rings. The van der Waals surface area contributed by atoms with Crippen LogP contribution in [0.15, 0.2) is 29.2 Å². The molecule has 19 heavy (non-hydrogen) atoms. The minimum absolute atomic E-state index is 0.167. The SMILES string of the molecule is O=C(Nc1cccc(SC(F)F)c1)N1CCSCC1. The van der Waals surface area contributed by atoms with E-state index in [0.29, 0.717) is 22.3 Å². The fourth-order valence-corrected chi connectivity index (χ4v) is 3.18. The van der Waals surface area contributed by atoms with E-state index < -0.39 is 5.76 Å². The first kappa shape index (κ1) is 14.5. The van der Waals surface area contributed by atoms with Gasteiger partial charge in [-0.2, -0.15) is 20.5 Å². The number of anilines is 1. The van der Waals surface area contributed by atoms with Gasteiger partial charge in [0.1, 0.15) is 0 Å². The molecule has 1 aliphatic heterocycles. The zero-order chi connectivity index (χ0) is 13.7. The maximum absolute atomic E-state index is 12.3. The molecule has 1 aromatic carbocycles. The number of hydrogen-bond donors (Lipinski definition) is 1. The van der Waals surface area contributed by atoms with E-state index in [9.17, 15) is 13.6 Å². The van der Waals surface area contributed by atoms with E-state index >= 15 is 0 Å². The number of thioether (sulfide) groups is 2. The molecule has 0 saturated carbocycles. The molecule has 7 heteroatoms. The number of carbonyl (C=O) groups is 1. The Labute approximate surface area is 119 Å². The number of alkyl halides is 2. The third-order valence-electron chi connectivity index (χ3n) is 2.61. The number of amides is 2. The average Bonchev–Trinajstić information content (AvgIpc) is 2.39. The van der Waals surface area contributed by atoms with Gasteiger partial charge in [0.15, 0.2) is 0 Å². The third kappa shape index (κ3) is 4.58. The number of nitrogens with zero attached hydrogens (tertiary/aromatic N) is 1. The molecule has 2 amide bonds. The summed E-state index contributed by atoms with van der Waals surface area (Å²) in [6.07, 6.45) is 0. The molecule has 1 saturated heterocycles. The van der Waals surface area contributed by atoms with Gasteiger partial charge in [-0.05, 0) is 18.2 Å². The van der Waals surface area contributed by atoms with Crippen molar-refractivity contribution in [2.24, 2.45) is 0 Å². The second kappa shape index (κ2) is 7.00. The normalized spacial score (nSPS) is 15.6. The Balaban J connectivity index is 1.96. The molecule has 1 heterocycles. The Bertz CT molecular complexity index is 439. The number of carbonyl (C=O) groups excluding carboxylic acids is 1. The first-order chi connectivity index (χ1) is 9.15. The summed E-state index contributed by atoms with van der Waals surface area (Å²) in [7, 11) is 0. The van der Waals surface area contributed by atoms with Gasteiger partial charge in [0, 0.05) is 35.2 Å². The van der Waals surface area contributed by atoms with Crippen molar-refractivity contribution in [1.29, 1.82) is 0 Å². The van der Waals surface area contributed by atoms with Gasteiger partial charge in [0.2, 0.25) is 0 Å². The Morgan fingerprint density at radius 2 is 2.11 bits per heavy atom. The van der Waals surface area contributed by atoms with Crippen LogP contribution < -0.4 is 5.32 Å². The summed E-state index contributed by atoms with van der Waals surface area (Å²) in [6, 6.07) is 6.36. The highest BCUT2D eigenvalue weighted by Gasteiger charge is 2.16. The van der Waals surface area contributed by atoms with Gasteiger partial charge in [0.05, 0.1) is 0 Å². The van der Waals surface area contributed by atoms with Crippen molar-refractivity contribution in [3.8, 4) is 0 Å². The smallest absolute Gasteiger partial charge is 0.321 e. The van der Waals surface area contributed by atoms with Crippen molar-refractivity contribution in [2.75, 3.05) is 29.9 Å². The number of rotatable bonds is 3. The van der Waals surface area contributed by atoms with Crippen molar-refractivity contribution < 1.29 is 13.6 Å². The molecular weight excluding hydrogens is 290 g/mol. The Hall–Kier alpha value is -0.950. The van der Waals surface area contributed by atoms with Crippen LogP contribution in [-0.4, -0.2) is 41.3 Å². The molecule has 2 rings (SSSR count). The summed E-state index contributed by atoms with van der Waals surface area (Å²) < 4.78 is 24.5. The van der Waals surface area contributed by atoms with Crippen LogP contribution in [0, 0.1) is 0 Å². The fraction of sp³-hybridized carbons (Fsp3) is 0.417. The summed E-state index contributed by atoms with van der Waals surface area (Å²) in [5.74, 6) is -0.575. The first-order valence-corrected chi connectivity index (χ1v) is 7.87. The fourth-order valence-electron chi connectivity index (χ4n) is 1.72. The molecule has 0 aliphatic carbocycles. The van der Waals surface area contributed by atoms with E-state index in [4.69, 9.17) is 0 Å². The predicted octanol–water partition coefficient (Wildman–Crippen LogP) is 3.58. The van der Waals surface area contributed by atoms with Gasteiger partial charge in [-0.3, -0.25) is 0 Å². The molecule has 1 N–H and O–H groups in total. The highest BCUT2D eigenvalue weighted by atomic mass is 32.2. The molecule has 0 aromatic heterocycles. The van der Waals surface area contributed by atoms with Gasteiger partial charge >= 0.3 is 6.03 Å². The van der Waals surface area contributed by atoms with E-state index in [2.05, 4.69) is 5.32 Å². The summed E-state index contributed by atoms with van der Waals surface area (Å²) in [4.78, 5) is 14.1. The number of hydrogen-bond acceptors (Lipinski definition) is 3. The molecule has 0 atom stereocenters. The zero-order valence-corrected chi connectivity index (χ0v) is 11.8. The monoisotopic (exact) mass is 304 g/mol. The number of urea groups is 1. The van der Waals surface area contributed by atoms with Crippen LogP contribution in [0.3, 0.4) is 0 Å². The van der Waals surface area contributed by atoms with Crippen molar-refractivity contribution in [3.63, 3.8) is 0 Å². The highest BCUT2D eigenvalue weighted by Crippen LogP contribution is 2.27. The van der Waals surface area contributed by atoms with Crippen LogP contribution in [0.25, 0.3) is 0 Å². The maximum atomic E-state index is 12.3. The van der Waals surface area contributed by atoms with E-state index in [1.165, 1.54) is 0 Å². The lowest BCUT2D eigenvalue weighted by Crippen LogP contribution is -2.40. The van der Waals surface area contributed by atoms with Gasteiger partial charge in [0.25, 0.3) is 5.76 Å². The minimum atomic E-state index is -2.45. The van der Waals surface area contributed by atoms with Gasteiger partial charge in [-0.15, -0.1) is 0 Å². The van der Waals surface area contributed by atoms with Gasteiger partial charge < -0.3 is 10.2 Å². The second-order valence-electron chi connectivity index (χ2n) is 3.94. The van der Waals surface area contributed by atoms with E-state index in [-0.39, 0.29) is 6.03 Å². The summed E-state index contributed by atoms with van der Waals surface area (Å²) in [6.45, 7) is 1.45. The van der Waals surface area contributed by atoms with Crippen LogP contribution in [0.5, 0.6) is 0 Å². The van der Waals surface area contributed by atoms with Crippen molar-refractivity contribution in [1.82, 2.24) is 4.90 Å². The standard InChI is InChI=1S/C12H14F2N2OS2/c13-11(14)19-10-3-1-2-9(8-10)15-12(17)16-4-6-18-7-5-16/h1-3,8,11H,4-7H2,(H,15,17). The molecule has 0 radical (unpaired) electrons. The average molecular weight is 304 g/mol. The largest absolute Gasteiger partial charge is 0.323 e. The molecule has 3 nitrogen and oxygen atoms in total. The minimum Gasteiger partial charge on any atom is -0.323 e. The van der Waals surface area contributed by atoms with Crippen molar-refractivity contribution in [3.05, 3.63) is 24.3 Å². The quantitative estimate of drug-likeness (QED) is 0.866. The van der Waals surface area contributed by atoms with E-state index in [0.717, 1.165) is 24.6 Å². The van der Waals surface area contributed by atoms with E-state index in [1.807, 2.05) is 11.8 Å². The molecule has 0 unspecified atom stereocenters. The van der Waals surface area contributed by atoms with Crippen LogP contribution in [0.4, 0.5) is 19.3 Å². The molecular formula is C12H14F2N2OS2. The molecule has 0 bridgehead atoms. The lowest BCUT2D eigenvalue weighted by Gasteiger charge is -2.26. The second-order valence-corrected chi connectivity index (χ2v) is 6.22. The number of halogens is 2. The topological polar surface area (TPSA) is 32.3 Å². The lowest BCUT2D eigenvalue weighted by molar-refractivity contribution is 0.217. The first-order valence-electron chi connectivity index (χ1n) is 5.84. The maximum Gasteiger partial charge on any atom is 0.321 e. The highest BCUT2D eigenvalue weighted by molar-refractivity contribution is 7.99. The summed E-state index contributed by atoms with van der Waals surface area (Å²) in [5.41, 5.74) is 0.550. The van der Waals surface area contributed by atoms with Gasteiger partial charge in [-0.25, -0.2) is 4.79 Å². The van der Waals surface area contributed by atoms with Gasteiger partial charge in [-0.1, -0.05) is 17.8 Å². The van der Waals surface area contributed by atoms with Crippen LogP contribution >= 0.6 is 23.5 Å². The Morgan fingerprint density at radius 1 is 1.37 bits per heavy atom. The number of nitrogens with one attached hydrogen (secondary N) is 1. The third-order valence-corrected chi connectivity index (χ3v) is 4.26. The van der Waals surface area contributed by atoms with Crippen LogP contribution in [0.1, 0.15) is 0 Å². The lowest BCUT2D eigenvalue weighted by atomic mass is 10.3. The zero-order valence-electron chi connectivity index (χ0n) is 10.1. The Morgan fingerprint density at radius 3 is 2.79 bits per heavy atom. The van der Waals surface area contributed by atoms with Crippen molar-refractivity contribution in [2.45, 2.75) is 10.7 Å². The molecule has 104 valence electrons.